The van der Waals surface area contributed by atoms with Crippen molar-refractivity contribution < 1.29 is 4.79 Å². The molecule has 36 heavy (non-hydrogen) atoms. The summed E-state index contributed by atoms with van der Waals surface area (Å²) in [6.07, 6.45) is 1.70. The first-order valence-electron chi connectivity index (χ1n) is 11.9. The highest BCUT2D eigenvalue weighted by molar-refractivity contribution is 7.80. The number of anilines is 1. The SMILES string of the molecule is O=C(C=C(Nc1ccccc1P(c1ccccc1)c1ccccc1)c1ccccc1)c1ccccc1. The van der Waals surface area contributed by atoms with Crippen molar-refractivity contribution in [3.05, 3.63) is 163 Å². The molecule has 2 nitrogen and oxygen atoms in total. The van der Waals surface area contributed by atoms with Crippen molar-refractivity contribution in [2.45, 2.75) is 0 Å². The Morgan fingerprint density at radius 2 is 0.972 bits per heavy atom. The van der Waals surface area contributed by atoms with Crippen molar-refractivity contribution in [2.75, 3.05) is 5.32 Å². The number of carbonyl (C=O) groups excluding carboxylic acids is 1. The standard InChI is InChI=1S/C33H26NOP/c35-32(27-17-7-2-8-18-27)25-31(26-15-5-1-6-16-26)34-30-23-13-14-24-33(30)36(28-19-9-3-10-20-28)29-21-11-4-12-22-29/h1-25,34H. The van der Waals surface area contributed by atoms with Crippen molar-refractivity contribution in [2.24, 2.45) is 0 Å². The molecular formula is C33H26NOP. The Kier molecular flexibility index (Phi) is 7.46. The Bertz CT molecular complexity index is 1410. The molecule has 0 aliphatic heterocycles. The fourth-order valence-corrected chi connectivity index (χ4v) is 6.53. The van der Waals surface area contributed by atoms with Gasteiger partial charge in [0.1, 0.15) is 0 Å². The maximum atomic E-state index is 13.2. The Balaban J connectivity index is 1.60. The van der Waals surface area contributed by atoms with Gasteiger partial charge in [0.25, 0.3) is 0 Å². The molecule has 0 heterocycles. The van der Waals surface area contributed by atoms with E-state index in [1.807, 2.05) is 66.7 Å². The summed E-state index contributed by atoms with van der Waals surface area (Å²) < 4.78 is 0. The third-order valence-corrected chi connectivity index (χ3v) is 8.36. The molecule has 0 amide bonds. The first-order chi connectivity index (χ1) is 17.8. The lowest BCUT2D eigenvalue weighted by molar-refractivity contribution is 0.104. The Labute approximate surface area is 213 Å². The van der Waals surface area contributed by atoms with E-state index in [1.165, 1.54) is 15.9 Å². The first kappa shape index (κ1) is 23.5. The zero-order chi connectivity index (χ0) is 24.6. The molecule has 1 N–H and O–H groups in total. The van der Waals surface area contributed by atoms with Gasteiger partial charge in [-0.15, -0.1) is 0 Å². The molecule has 0 bridgehead atoms. The average Bonchev–Trinajstić information content (AvgIpc) is 2.96. The van der Waals surface area contributed by atoms with Gasteiger partial charge in [0.15, 0.2) is 5.78 Å². The molecule has 0 radical (unpaired) electrons. The van der Waals surface area contributed by atoms with Gasteiger partial charge in [0.05, 0.1) is 0 Å². The maximum absolute atomic E-state index is 13.2. The van der Waals surface area contributed by atoms with Crippen LogP contribution in [-0.2, 0) is 0 Å². The number of nitrogens with one attached hydrogen (secondary N) is 1. The maximum Gasteiger partial charge on any atom is 0.187 e. The second-order valence-corrected chi connectivity index (χ2v) is 10.5. The number of benzene rings is 5. The molecule has 5 aromatic rings. The molecule has 0 spiro atoms. The molecule has 0 atom stereocenters. The number of hydrogen-bond acceptors (Lipinski definition) is 2. The molecule has 0 saturated heterocycles. The molecule has 0 unspecified atom stereocenters. The number of rotatable bonds is 8. The van der Waals surface area contributed by atoms with E-state index in [9.17, 15) is 4.79 Å². The highest BCUT2D eigenvalue weighted by Crippen LogP contribution is 2.36. The largest absolute Gasteiger partial charge is 0.354 e. The van der Waals surface area contributed by atoms with Crippen LogP contribution < -0.4 is 21.2 Å². The molecule has 0 fully saturated rings. The van der Waals surface area contributed by atoms with Gasteiger partial charge >= 0.3 is 0 Å². The molecule has 174 valence electrons. The zero-order valence-electron chi connectivity index (χ0n) is 19.8. The van der Waals surface area contributed by atoms with Gasteiger partial charge in [-0.25, -0.2) is 0 Å². The number of ketones is 1. The summed E-state index contributed by atoms with van der Waals surface area (Å²) in [4.78, 5) is 13.2. The van der Waals surface area contributed by atoms with Gasteiger partial charge in [-0.3, -0.25) is 4.79 Å². The van der Waals surface area contributed by atoms with Crippen LogP contribution in [-0.4, -0.2) is 5.78 Å². The molecule has 3 heteroatoms. The highest BCUT2D eigenvalue weighted by Gasteiger charge is 2.20. The normalized spacial score (nSPS) is 11.3. The second kappa shape index (κ2) is 11.4. The lowest BCUT2D eigenvalue weighted by Gasteiger charge is -2.23. The molecule has 0 aliphatic rings. The van der Waals surface area contributed by atoms with E-state index >= 15 is 0 Å². The summed E-state index contributed by atoms with van der Waals surface area (Å²) >= 11 is 0. The van der Waals surface area contributed by atoms with Gasteiger partial charge in [-0.1, -0.05) is 140 Å². The number of hydrogen-bond donors (Lipinski definition) is 1. The minimum atomic E-state index is -0.805. The van der Waals surface area contributed by atoms with E-state index in [-0.39, 0.29) is 5.78 Å². The topological polar surface area (TPSA) is 29.1 Å². The van der Waals surface area contributed by atoms with Crippen LogP contribution in [0.1, 0.15) is 15.9 Å². The van der Waals surface area contributed by atoms with Crippen LogP contribution in [0.5, 0.6) is 0 Å². The van der Waals surface area contributed by atoms with E-state index in [4.69, 9.17) is 0 Å². The third-order valence-electron chi connectivity index (χ3n) is 5.86. The zero-order valence-corrected chi connectivity index (χ0v) is 20.7. The first-order valence-corrected chi connectivity index (χ1v) is 13.3. The summed E-state index contributed by atoms with van der Waals surface area (Å²) in [6.45, 7) is 0. The van der Waals surface area contributed by atoms with Crippen molar-refractivity contribution in [3.63, 3.8) is 0 Å². The predicted molar refractivity (Wildman–Crippen MR) is 154 cm³/mol. The van der Waals surface area contributed by atoms with Crippen molar-refractivity contribution in [1.29, 1.82) is 0 Å². The number of carbonyl (C=O) groups is 1. The number of allylic oxidation sites excluding steroid dienone is 1. The van der Waals surface area contributed by atoms with Crippen LogP contribution in [0.25, 0.3) is 5.70 Å². The van der Waals surface area contributed by atoms with Crippen LogP contribution in [0.15, 0.2) is 152 Å². The molecule has 0 saturated carbocycles. The monoisotopic (exact) mass is 483 g/mol. The Morgan fingerprint density at radius 1 is 0.528 bits per heavy atom. The third kappa shape index (κ3) is 5.51. The summed E-state index contributed by atoms with van der Waals surface area (Å²) in [5.74, 6) is -0.0344. The van der Waals surface area contributed by atoms with Gasteiger partial charge in [-0.05, 0) is 30.2 Å². The summed E-state index contributed by atoms with van der Waals surface area (Å²) in [6, 6.07) is 49.1. The second-order valence-electron chi connectivity index (χ2n) is 8.30. The van der Waals surface area contributed by atoms with Crippen LogP contribution in [0.2, 0.25) is 0 Å². The van der Waals surface area contributed by atoms with E-state index in [0.29, 0.717) is 5.56 Å². The Morgan fingerprint density at radius 3 is 1.53 bits per heavy atom. The minimum absolute atomic E-state index is 0.0344. The van der Waals surface area contributed by atoms with Gasteiger partial charge < -0.3 is 5.32 Å². The lowest BCUT2D eigenvalue weighted by atomic mass is 10.1. The molecular weight excluding hydrogens is 457 g/mol. The van der Waals surface area contributed by atoms with Gasteiger partial charge in [-0.2, -0.15) is 0 Å². The van der Waals surface area contributed by atoms with Crippen LogP contribution in [0, 0.1) is 0 Å². The molecule has 5 aromatic carbocycles. The fourth-order valence-electron chi connectivity index (χ4n) is 4.13. The van der Waals surface area contributed by atoms with Crippen LogP contribution >= 0.6 is 7.92 Å². The van der Waals surface area contributed by atoms with E-state index in [1.54, 1.807) is 6.08 Å². The predicted octanol–water partition coefficient (Wildman–Crippen LogP) is 6.78. The highest BCUT2D eigenvalue weighted by atomic mass is 31.1. The molecule has 5 rings (SSSR count). The van der Waals surface area contributed by atoms with Crippen molar-refractivity contribution in [3.8, 4) is 0 Å². The summed E-state index contributed by atoms with van der Waals surface area (Å²) in [5, 5.41) is 7.40. The van der Waals surface area contributed by atoms with Crippen molar-refractivity contribution in [1.82, 2.24) is 0 Å². The van der Waals surface area contributed by atoms with Gasteiger partial charge in [0.2, 0.25) is 0 Å². The van der Waals surface area contributed by atoms with Crippen molar-refractivity contribution >= 4 is 41.0 Å². The van der Waals surface area contributed by atoms with Crippen LogP contribution in [0.4, 0.5) is 5.69 Å². The average molecular weight is 484 g/mol. The van der Waals surface area contributed by atoms with E-state index in [0.717, 1.165) is 16.9 Å². The molecule has 0 aromatic heterocycles. The van der Waals surface area contributed by atoms with Crippen LogP contribution in [0.3, 0.4) is 0 Å². The quantitative estimate of drug-likeness (QED) is 0.150. The summed E-state index contributed by atoms with van der Waals surface area (Å²) in [7, 11) is -0.805. The smallest absolute Gasteiger partial charge is 0.187 e. The minimum Gasteiger partial charge on any atom is -0.354 e. The Hall–Kier alpha value is -4.26. The molecule has 0 aliphatic carbocycles. The fraction of sp³-hybridized carbons (Fsp3) is 0. The van der Waals surface area contributed by atoms with Gasteiger partial charge in [0, 0.05) is 28.3 Å². The summed E-state index contributed by atoms with van der Waals surface area (Å²) in [5.41, 5.74) is 3.39. The number of para-hydroxylation sites is 1. The van der Waals surface area contributed by atoms with E-state index < -0.39 is 7.92 Å². The van der Waals surface area contributed by atoms with E-state index in [2.05, 4.69) is 84.2 Å². The lowest BCUT2D eigenvalue weighted by Crippen LogP contribution is -2.23.